The summed E-state index contributed by atoms with van der Waals surface area (Å²) in [6, 6.07) is 12.3. The molecule has 0 aliphatic carbocycles. The second-order valence-electron chi connectivity index (χ2n) is 7.09. The monoisotopic (exact) mass is 450 g/mol. The number of likely N-dealkylation sites (N-methyl/N-ethyl adjacent to an activating group) is 1. The van der Waals surface area contributed by atoms with Crippen molar-refractivity contribution in [2.45, 2.75) is 46.2 Å². The van der Waals surface area contributed by atoms with Crippen LogP contribution in [0.3, 0.4) is 0 Å². The summed E-state index contributed by atoms with van der Waals surface area (Å²) in [5.74, 6) is 0.438. The van der Waals surface area contributed by atoms with Crippen molar-refractivity contribution < 1.29 is 14.3 Å². The Labute approximate surface area is 188 Å². The van der Waals surface area contributed by atoms with E-state index in [1.165, 1.54) is 0 Å². The van der Waals surface area contributed by atoms with Crippen molar-refractivity contribution in [1.82, 2.24) is 10.2 Å². The Morgan fingerprint density at radius 1 is 1.13 bits per heavy atom. The van der Waals surface area contributed by atoms with Crippen LogP contribution in [0.1, 0.15) is 37.8 Å². The highest BCUT2D eigenvalue weighted by molar-refractivity contribution is 6.35. The van der Waals surface area contributed by atoms with Crippen molar-refractivity contribution in [3.05, 3.63) is 63.6 Å². The lowest BCUT2D eigenvalue weighted by molar-refractivity contribution is -0.140. The smallest absolute Gasteiger partial charge is 0.242 e. The zero-order chi connectivity index (χ0) is 22.1. The minimum atomic E-state index is -0.623. The number of nitrogens with zero attached hydrogens (tertiary/aromatic N) is 1. The normalized spacial score (nSPS) is 11.6. The number of ether oxygens (including phenoxy) is 1. The van der Waals surface area contributed by atoms with E-state index in [4.69, 9.17) is 27.9 Å². The number of halogens is 2. The van der Waals surface area contributed by atoms with Crippen LogP contribution >= 0.6 is 23.2 Å². The maximum absolute atomic E-state index is 13.0. The predicted molar refractivity (Wildman–Crippen MR) is 121 cm³/mol. The minimum Gasteiger partial charge on any atom is -0.494 e. The van der Waals surface area contributed by atoms with Gasteiger partial charge in [-0.25, -0.2) is 0 Å². The van der Waals surface area contributed by atoms with Gasteiger partial charge in [-0.15, -0.1) is 0 Å². The van der Waals surface area contributed by atoms with Gasteiger partial charge < -0.3 is 15.0 Å². The number of nitrogens with one attached hydrogen (secondary N) is 1. The van der Waals surface area contributed by atoms with E-state index in [0.29, 0.717) is 29.6 Å². The first-order chi connectivity index (χ1) is 14.3. The molecule has 0 radical (unpaired) electrons. The van der Waals surface area contributed by atoms with Gasteiger partial charge in [0.1, 0.15) is 11.8 Å². The van der Waals surface area contributed by atoms with Crippen LogP contribution in [0.15, 0.2) is 42.5 Å². The molecular formula is C23H28Cl2N2O3. The number of carbonyl (C=O) groups excluding carboxylic acids is 2. The number of amides is 2. The molecule has 30 heavy (non-hydrogen) atoms. The summed E-state index contributed by atoms with van der Waals surface area (Å²) >= 11 is 12.3. The molecule has 1 unspecified atom stereocenters. The zero-order valence-corrected chi connectivity index (χ0v) is 19.1. The number of benzene rings is 2. The molecule has 162 valence electrons. The van der Waals surface area contributed by atoms with E-state index in [2.05, 4.69) is 5.32 Å². The van der Waals surface area contributed by atoms with E-state index in [0.717, 1.165) is 16.9 Å². The topological polar surface area (TPSA) is 58.6 Å². The first-order valence-electron chi connectivity index (χ1n) is 10.0. The minimum absolute atomic E-state index is 0.132. The lowest BCUT2D eigenvalue weighted by Gasteiger charge is -2.29. The van der Waals surface area contributed by atoms with Gasteiger partial charge in [-0.05, 0) is 57.0 Å². The van der Waals surface area contributed by atoms with Crippen molar-refractivity contribution in [2.75, 3.05) is 13.2 Å². The zero-order valence-electron chi connectivity index (χ0n) is 17.6. The van der Waals surface area contributed by atoms with E-state index in [1.807, 2.05) is 38.1 Å². The molecule has 2 aromatic carbocycles. The summed E-state index contributed by atoms with van der Waals surface area (Å²) in [6.07, 6.45) is 0.806. The number of hydrogen-bond acceptors (Lipinski definition) is 3. The van der Waals surface area contributed by atoms with Gasteiger partial charge in [0.15, 0.2) is 0 Å². The molecule has 0 aliphatic rings. The standard InChI is InChI=1S/C23H28Cl2N2O3/c1-4-26-23(29)17(3)27(15-18-9-10-19(24)14-21(18)25)22(28)6-5-13-30-20-11-7-16(2)8-12-20/h7-12,14,17H,4-6,13,15H2,1-3H3,(H,26,29). The molecule has 1 atom stereocenters. The number of carbonyl (C=O) groups is 2. The van der Waals surface area contributed by atoms with Crippen LogP contribution in [0, 0.1) is 6.92 Å². The fraction of sp³-hybridized carbons (Fsp3) is 0.391. The summed E-state index contributed by atoms with van der Waals surface area (Å²) in [5, 5.41) is 3.76. The first-order valence-corrected chi connectivity index (χ1v) is 10.8. The molecule has 0 fully saturated rings. The van der Waals surface area contributed by atoms with E-state index >= 15 is 0 Å². The van der Waals surface area contributed by atoms with Crippen LogP contribution in [0.5, 0.6) is 5.75 Å². The largest absolute Gasteiger partial charge is 0.494 e. The van der Waals surface area contributed by atoms with E-state index in [9.17, 15) is 9.59 Å². The van der Waals surface area contributed by atoms with Crippen LogP contribution < -0.4 is 10.1 Å². The molecule has 0 bridgehead atoms. The van der Waals surface area contributed by atoms with Crippen LogP contribution in [0.25, 0.3) is 0 Å². The summed E-state index contributed by atoms with van der Waals surface area (Å²) in [4.78, 5) is 26.9. The Kier molecular flexibility index (Phi) is 9.47. The maximum Gasteiger partial charge on any atom is 0.242 e. The van der Waals surface area contributed by atoms with Gasteiger partial charge in [0.2, 0.25) is 11.8 Å². The molecular weight excluding hydrogens is 423 g/mol. The third kappa shape index (κ3) is 7.22. The van der Waals surface area contributed by atoms with Crippen LogP contribution in [-0.2, 0) is 16.1 Å². The molecule has 7 heteroatoms. The molecule has 2 amide bonds. The fourth-order valence-corrected chi connectivity index (χ4v) is 3.40. The summed E-state index contributed by atoms with van der Waals surface area (Å²) in [5.41, 5.74) is 1.90. The molecule has 0 saturated heterocycles. The number of hydrogen-bond donors (Lipinski definition) is 1. The van der Waals surface area contributed by atoms with E-state index in [-0.39, 0.29) is 24.8 Å². The molecule has 0 spiro atoms. The molecule has 0 aliphatic heterocycles. The second-order valence-corrected chi connectivity index (χ2v) is 7.94. The lowest BCUT2D eigenvalue weighted by Crippen LogP contribution is -2.47. The van der Waals surface area contributed by atoms with Crippen molar-refractivity contribution in [3.63, 3.8) is 0 Å². The highest BCUT2D eigenvalue weighted by Crippen LogP contribution is 2.23. The molecule has 2 aromatic rings. The van der Waals surface area contributed by atoms with Crippen molar-refractivity contribution in [3.8, 4) is 5.75 Å². The van der Waals surface area contributed by atoms with Gasteiger partial charge in [-0.2, -0.15) is 0 Å². The quantitative estimate of drug-likeness (QED) is 0.517. The van der Waals surface area contributed by atoms with Gasteiger partial charge >= 0.3 is 0 Å². The molecule has 0 heterocycles. The Hall–Kier alpha value is -2.24. The predicted octanol–water partition coefficient (Wildman–Crippen LogP) is 5.01. The molecule has 1 N–H and O–H groups in total. The summed E-state index contributed by atoms with van der Waals surface area (Å²) < 4.78 is 5.70. The number of rotatable bonds is 10. The van der Waals surface area contributed by atoms with Gasteiger partial charge in [0.05, 0.1) is 6.61 Å². The Balaban J connectivity index is 2.01. The van der Waals surface area contributed by atoms with Crippen molar-refractivity contribution >= 4 is 35.0 Å². The Morgan fingerprint density at radius 3 is 2.47 bits per heavy atom. The Bertz CT molecular complexity index is 856. The van der Waals surface area contributed by atoms with Crippen molar-refractivity contribution in [2.24, 2.45) is 0 Å². The fourth-order valence-electron chi connectivity index (χ4n) is 2.93. The van der Waals surface area contributed by atoms with E-state index in [1.54, 1.807) is 30.0 Å². The highest BCUT2D eigenvalue weighted by atomic mass is 35.5. The average molecular weight is 451 g/mol. The molecule has 5 nitrogen and oxygen atoms in total. The van der Waals surface area contributed by atoms with Gasteiger partial charge in [0.25, 0.3) is 0 Å². The second kappa shape index (κ2) is 11.8. The molecule has 0 aromatic heterocycles. The van der Waals surface area contributed by atoms with Gasteiger partial charge in [-0.3, -0.25) is 9.59 Å². The Morgan fingerprint density at radius 2 is 1.83 bits per heavy atom. The average Bonchev–Trinajstić information content (AvgIpc) is 2.71. The molecule has 0 saturated carbocycles. The van der Waals surface area contributed by atoms with E-state index < -0.39 is 6.04 Å². The van der Waals surface area contributed by atoms with Crippen LogP contribution in [0.4, 0.5) is 0 Å². The first kappa shape index (κ1) is 24.0. The SMILES string of the molecule is CCNC(=O)C(C)N(Cc1ccc(Cl)cc1Cl)C(=O)CCCOc1ccc(C)cc1. The van der Waals surface area contributed by atoms with Crippen LogP contribution in [0.2, 0.25) is 10.0 Å². The summed E-state index contributed by atoms with van der Waals surface area (Å²) in [7, 11) is 0. The third-order valence-electron chi connectivity index (χ3n) is 4.70. The van der Waals surface area contributed by atoms with Crippen LogP contribution in [-0.4, -0.2) is 35.9 Å². The summed E-state index contributed by atoms with van der Waals surface area (Å²) in [6.45, 7) is 6.72. The van der Waals surface area contributed by atoms with Gasteiger partial charge in [0, 0.05) is 29.6 Å². The lowest BCUT2D eigenvalue weighted by atomic mass is 10.1. The molecule has 2 rings (SSSR count). The third-order valence-corrected chi connectivity index (χ3v) is 5.29. The number of aryl methyl sites for hydroxylation is 1. The maximum atomic E-state index is 13.0. The van der Waals surface area contributed by atoms with Crippen molar-refractivity contribution in [1.29, 1.82) is 0 Å². The highest BCUT2D eigenvalue weighted by Gasteiger charge is 2.26. The van der Waals surface area contributed by atoms with Gasteiger partial charge in [-0.1, -0.05) is 47.0 Å².